The summed E-state index contributed by atoms with van der Waals surface area (Å²) >= 11 is 3.44. The summed E-state index contributed by atoms with van der Waals surface area (Å²) in [4.78, 5) is 9.13. The van der Waals surface area contributed by atoms with Crippen molar-refractivity contribution in [3.63, 3.8) is 0 Å². The molecular weight excluding hydrogens is 388 g/mol. The van der Waals surface area contributed by atoms with Crippen LogP contribution in [0.15, 0.2) is 47.5 Å². The first-order valence-electron chi connectivity index (χ1n) is 7.54. The van der Waals surface area contributed by atoms with E-state index in [0.29, 0.717) is 12.4 Å². The molecule has 0 N–H and O–H groups in total. The fourth-order valence-electron chi connectivity index (χ4n) is 2.38. The molecular formula is C15H13BrN8O. The van der Waals surface area contributed by atoms with Crippen molar-refractivity contribution in [2.24, 2.45) is 0 Å². The maximum atomic E-state index is 5.86. The summed E-state index contributed by atoms with van der Waals surface area (Å²) in [6, 6.07) is 7.45. The lowest BCUT2D eigenvalue weighted by Gasteiger charge is -2.13. The SMILES string of the molecule is C[C@@H](Cn1cnnn1)Oc1cccc(-c2ccn3ncc(Br)c3n2)n1. The molecule has 0 fully saturated rings. The first-order chi connectivity index (χ1) is 12.2. The van der Waals surface area contributed by atoms with Crippen LogP contribution in [0.1, 0.15) is 6.92 Å². The molecule has 0 saturated carbocycles. The predicted molar refractivity (Wildman–Crippen MR) is 91.8 cm³/mol. The van der Waals surface area contributed by atoms with Crippen LogP contribution in [0.2, 0.25) is 0 Å². The number of hydrogen-bond acceptors (Lipinski definition) is 7. The van der Waals surface area contributed by atoms with Gasteiger partial charge in [0.1, 0.15) is 12.4 Å². The predicted octanol–water partition coefficient (Wildman–Crippen LogP) is 2.01. The monoisotopic (exact) mass is 400 g/mol. The van der Waals surface area contributed by atoms with E-state index in [1.807, 2.05) is 37.4 Å². The van der Waals surface area contributed by atoms with Crippen LogP contribution in [-0.4, -0.2) is 45.9 Å². The first kappa shape index (κ1) is 15.6. The highest BCUT2D eigenvalue weighted by Crippen LogP contribution is 2.22. The number of pyridine rings is 1. The molecule has 126 valence electrons. The van der Waals surface area contributed by atoms with Gasteiger partial charge >= 0.3 is 0 Å². The van der Waals surface area contributed by atoms with E-state index in [0.717, 1.165) is 21.5 Å². The Balaban J connectivity index is 1.56. The van der Waals surface area contributed by atoms with Crippen LogP contribution in [0.3, 0.4) is 0 Å². The molecule has 0 spiro atoms. The largest absolute Gasteiger partial charge is 0.473 e. The number of rotatable bonds is 5. The number of halogens is 1. The minimum Gasteiger partial charge on any atom is -0.473 e. The van der Waals surface area contributed by atoms with Crippen molar-refractivity contribution in [1.29, 1.82) is 0 Å². The normalized spacial score (nSPS) is 12.4. The number of aromatic nitrogens is 8. The smallest absolute Gasteiger partial charge is 0.214 e. The molecule has 0 aliphatic rings. The van der Waals surface area contributed by atoms with Gasteiger partial charge in [-0.3, -0.25) is 0 Å². The minimum atomic E-state index is -0.134. The van der Waals surface area contributed by atoms with Gasteiger partial charge in [0.15, 0.2) is 5.65 Å². The van der Waals surface area contributed by atoms with Crippen LogP contribution in [0, 0.1) is 0 Å². The number of tetrazole rings is 1. The Morgan fingerprint density at radius 3 is 2.92 bits per heavy atom. The molecule has 25 heavy (non-hydrogen) atoms. The zero-order valence-corrected chi connectivity index (χ0v) is 14.8. The van der Waals surface area contributed by atoms with E-state index in [9.17, 15) is 0 Å². The maximum Gasteiger partial charge on any atom is 0.214 e. The summed E-state index contributed by atoms with van der Waals surface area (Å²) in [5.74, 6) is 0.521. The Bertz CT molecular complexity index is 1000. The van der Waals surface area contributed by atoms with Crippen molar-refractivity contribution in [3.05, 3.63) is 47.5 Å². The first-order valence-corrected chi connectivity index (χ1v) is 8.33. The van der Waals surface area contributed by atoms with E-state index >= 15 is 0 Å². The molecule has 9 nitrogen and oxygen atoms in total. The second-order valence-corrected chi connectivity index (χ2v) is 6.25. The number of ether oxygens (including phenoxy) is 1. The van der Waals surface area contributed by atoms with E-state index in [4.69, 9.17) is 4.74 Å². The molecule has 10 heteroatoms. The number of nitrogens with zero attached hydrogens (tertiary/aromatic N) is 8. The van der Waals surface area contributed by atoms with Gasteiger partial charge in [-0.25, -0.2) is 19.2 Å². The topological polar surface area (TPSA) is 95.9 Å². The molecule has 0 amide bonds. The lowest BCUT2D eigenvalue weighted by atomic mass is 10.2. The zero-order valence-electron chi connectivity index (χ0n) is 13.2. The van der Waals surface area contributed by atoms with Gasteiger partial charge in [0.05, 0.1) is 28.6 Å². The highest BCUT2D eigenvalue weighted by atomic mass is 79.9. The van der Waals surface area contributed by atoms with Crippen LogP contribution >= 0.6 is 15.9 Å². The fraction of sp³-hybridized carbons (Fsp3) is 0.200. The molecule has 4 aromatic heterocycles. The van der Waals surface area contributed by atoms with Gasteiger partial charge < -0.3 is 4.74 Å². The quantitative estimate of drug-likeness (QED) is 0.505. The Morgan fingerprint density at radius 2 is 2.08 bits per heavy atom. The number of hydrogen-bond donors (Lipinski definition) is 0. The van der Waals surface area contributed by atoms with E-state index < -0.39 is 0 Å². The van der Waals surface area contributed by atoms with Crippen molar-refractivity contribution in [2.75, 3.05) is 0 Å². The Labute approximate surface area is 150 Å². The summed E-state index contributed by atoms with van der Waals surface area (Å²) in [5, 5.41) is 15.2. The Hall–Kier alpha value is -2.88. The molecule has 0 aliphatic heterocycles. The van der Waals surface area contributed by atoms with Crippen molar-refractivity contribution >= 4 is 21.6 Å². The van der Waals surface area contributed by atoms with Crippen molar-refractivity contribution in [2.45, 2.75) is 19.6 Å². The summed E-state index contributed by atoms with van der Waals surface area (Å²) in [6.07, 6.45) is 4.97. The molecule has 0 saturated heterocycles. The van der Waals surface area contributed by atoms with Gasteiger partial charge in [0, 0.05) is 12.3 Å². The molecule has 4 aromatic rings. The summed E-state index contributed by atoms with van der Waals surface area (Å²) < 4.78 is 10.0. The highest BCUT2D eigenvalue weighted by molar-refractivity contribution is 9.10. The summed E-state index contributed by atoms with van der Waals surface area (Å²) in [6.45, 7) is 2.47. The van der Waals surface area contributed by atoms with E-state index in [2.05, 4.69) is 46.5 Å². The van der Waals surface area contributed by atoms with E-state index in [1.165, 1.54) is 0 Å². The van der Waals surface area contributed by atoms with E-state index in [1.54, 1.807) is 21.7 Å². The molecule has 0 unspecified atom stereocenters. The molecule has 0 aliphatic carbocycles. The van der Waals surface area contributed by atoms with Crippen molar-refractivity contribution in [1.82, 2.24) is 39.8 Å². The minimum absolute atomic E-state index is 0.134. The lowest BCUT2D eigenvalue weighted by Crippen LogP contribution is -2.20. The standard InChI is InChI=1S/C15H13BrN8O/c1-10(8-23-9-17-21-22-23)25-14-4-2-3-12(19-14)13-5-6-24-15(20-13)11(16)7-18-24/h2-7,9-10H,8H2,1H3/t10-/m0/s1. The van der Waals surface area contributed by atoms with Gasteiger partial charge in [-0.2, -0.15) is 5.10 Å². The Kier molecular flexibility index (Phi) is 4.10. The zero-order chi connectivity index (χ0) is 17.2. The second kappa shape index (κ2) is 6.55. The van der Waals surface area contributed by atoms with Gasteiger partial charge in [-0.15, -0.1) is 5.10 Å². The van der Waals surface area contributed by atoms with Gasteiger partial charge in [-0.1, -0.05) is 6.07 Å². The van der Waals surface area contributed by atoms with Crippen LogP contribution in [0.5, 0.6) is 5.88 Å². The van der Waals surface area contributed by atoms with Crippen LogP contribution in [0.25, 0.3) is 17.0 Å². The second-order valence-electron chi connectivity index (χ2n) is 5.39. The van der Waals surface area contributed by atoms with Crippen molar-refractivity contribution < 1.29 is 4.74 Å². The summed E-state index contributed by atoms with van der Waals surface area (Å²) in [7, 11) is 0. The van der Waals surface area contributed by atoms with Gasteiger partial charge in [0.2, 0.25) is 5.88 Å². The average Bonchev–Trinajstić information content (AvgIpc) is 3.25. The molecule has 4 heterocycles. The third-order valence-corrected chi connectivity index (χ3v) is 4.03. The number of fused-ring (bicyclic) bond motifs is 1. The molecule has 0 radical (unpaired) electrons. The molecule has 1 atom stereocenters. The van der Waals surface area contributed by atoms with Crippen molar-refractivity contribution in [3.8, 4) is 17.3 Å². The fourth-order valence-corrected chi connectivity index (χ4v) is 2.74. The summed E-state index contributed by atoms with van der Waals surface area (Å²) in [5.41, 5.74) is 2.20. The van der Waals surface area contributed by atoms with Crippen LogP contribution in [0.4, 0.5) is 0 Å². The highest BCUT2D eigenvalue weighted by Gasteiger charge is 2.10. The third-order valence-electron chi connectivity index (χ3n) is 3.47. The average molecular weight is 401 g/mol. The molecule has 0 bridgehead atoms. The van der Waals surface area contributed by atoms with Gasteiger partial charge in [0.25, 0.3) is 0 Å². The Morgan fingerprint density at radius 1 is 1.20 bits per heavy atom. The molecule has 0 aromatic carbocycles. The van der Waals surface area contributed by atoms with Crippen LogP contribution < -0.4 is 4.74 Å². The third kappa shape index (κ3) is 3.33. The van der Waals surface area contributed by atoms with Crippen LogP contribution in [-0.2, 0) is 6.54 Å². The van der Waals surface area contributed by atoms with E-state index in [-0.39, 0.29) is 6.10 Å². The van der Waals surface area contributed by atoms with Gasteiger partial charge in [-0.05, 0) is 45.4 Å². The lowest BCUT2D eigenvalue weighted by molar-refractivity contribution is 0.185. The molecule has 4 rings (SSSR count). The maximum absolute atomic E-state index is 5.86.